The fraction of sp³-hybridized carbons (Fsp3) is 0.625. The van der Waals surface area contributed by atoms with E-state index < -0.39 is 6.10 Å². The predicted octanol–water partition coefficient (Wildman–Crippen LogP) is 1.71. The molecule has 1 saturated carbocycles. The SMILES string of the molecule is CN(C)CC(O)COc1ccc(CCOC2CC2)cc1. The highest BCUT2D eigenvalue weighted by atomic mass is 16.5. The Kier molecular flexibility index (Phi) is 5.83. The zero-order chi connectivity index (χ0) is 14.4. The molecule has 20 heavy (non-hydrogen) atoms. The second kappa shape index (κ2) is 7.62. The van der Waals surface area contributed by atoms with Gasteiger partial charge in [0.25, 0.3) is 0 Å². The molecule has 0 heterocycles. The first kappa shape index (κ1) is 15.3. The molecule has 0 amide bonds. The second-order valence-corrected chi connectivity index (χ2v) is 5.69. The van der Waals surface area contributed by atoms with Crippen LogP contribution in [0.3, 0.4) is 0 Å². The number of ether oxygens (including phenoxy) is 2. The summed E-state index contributed by atoms with van der Waals surface area (Å²) < 4.78 is 11.2. The molecule has 4 heteroatoms. The first-order chi connectivity index (χ1) is 9.63. The summed E-state index contributed by atoms with van der Waals surface area (Å²) in [6.45, 7) is 1.73. The third-order valence-corrected chi connectivity index (χ3v) is 3.21. The van der Waals surface area contributed by atoms with Crippen LogP contribution < -0.4 is 4.74 Å². The Hall–Kier alpha value is -1.10. The molecule has 0 bridgehead atoms. The van der Waals surface area contributed by atoms with E-state index in [4.69, 9.17) is 9.47 Å². The van der Waals surface area contributed by atoms with Crippen molar-refractivity contribution in [3.8, 4) is 5.75 Å². The lowest BCUT2D eigenvalue weighted by molar-refractivity contribution is 0.0831. The fourth-order valence-electron chi connectivity index (χ4n) is 2.00. The molecule has 0 saturated heterocycles. The summed E-state index contributed by atoms with van der Waals surface area (Å²) in [7, 11) is 3.86. The molecular weight excluding hydrogens is 254 g/mol. The van der Waals surface area contributed by atoms with Gasteiger partial charge >= 0.3 is 0 Å². The molecule has 1 N–H and O–H groups in total. The molecule has 2 rings (SSSR count). The van der Waals surface area contributed by atoms with Gasteiger partial charge in [0.2, 0.25) is 0 Å². The maximum Gasteiger partial charge on any atom is 0.119 e. The van der Waals surface area contributed by atoms with Crippen molar-refractivity contribution in [3.05, 3.63) is 29.8 Å². The predicted molar refractivity (Wildman–Crippen MR) is 79.2 cm³/mol. The molecule has 1 fully saturated rings. The molecule has 1 aromatic rings. The molecule has 1 aliphatic carbocycles. The van der Waals surface area contributed by atoms with E-state index in [1.165, 1.54) is 18.4 Å². The number of benzene rings is 1. The average molecular weight is 279 g/mol. The van der Waals surface area contributed by atoms with Crippen molar-refractivity contribution < 1.29 is 14.6 Å². The normalized spacial score (nSPS) is 16.4. The van der Waals surface area contributed by atoms with Crippen molar-refractivity contribution in [2.75, 3.05) is 33.9 Å². The lowest BCUT2D eigenvalue weighted by Crippen LogP contribution is -2.30. The van der Waals surface area contributed by atoms with E-state index >= 15 is 0 Å². The molecule has 0 aliphatic heterocycles. The maximum absolute atomic E-state index is 9.73. The Labute approximate surface area is 121 Å². The standard InChI is InChI=1S/C16H25NO3/c1-17(2)11-14(18)12-20-16-5-3-13(4-6-16)9-10-19-15-7-8-15/h3-6,14-15,18H,7-12H2,1-2H3. The van der Waals surface area contributed by atoms with Gasteiger partial charge < -0.3 is 19.5 Å². The Bertz CT molecular complexity index is 387. The van der Waals surface area contributed by atoms with E-state index in [9.17, 15) is 5.11 Å². The van der Waals surface area contributed by atoms with Crippen molar-refractivity contribution in [2.45, 2.75) is 31.5 Å². The lowest BCUT2D eigenvalue weighted by atomic mass is 10.1. The highest BCUT2D eigenvalue weighted by molar-refractivity contribution is 5.27. The fourth-order valence-corrected chi connectivity index (χ4v) is 2.00. The molecule has 1 aromatic carbocycles. The van der Waals surface area contributed by atoms with E-state index in [-0.39, 0.29) is 0 Å². The van der Waals surface area contributed by atoms with Crippen LogP contribution in [0.1, 0.15) is 18.4 Å². The molecule has 112 valence electrons. The first-order valence-corrected chi connectivity index (χ1v) is 7.29. The number of nitrogens with zero attached hydrogens (tertiary/aromatic N) is 1. The lowest BCUT2D eigenvalue weighted by Gasteiger charge is -2.16. The topological polar surface area (TPSA) is 41.9 Å². The van der Waals surface area contributed by atoms with Gasteiger partial charge in [-0.1, -0.05) is 12.1 Å². The van der Waals surface area contributed by atoms with Gasteiger partial charge in [0, 0.05) is 6.54 Å². The summed E-state index contributed by atoms with van der Waals surface area (Å²) in [4.78, 5) is 1.94. The van der Waals surface area contributed by atoms with Crippen molar-refractivity contribution in [2.24, 2.45) is 0 Å². The van der Waals surface area contributed by atoms with Crippen LogP contribution in [0.15, 0.2) is 24.3 Å². The van der Waals surface area contributed by atoms with Gasteiger partial charge in [0.1, 0.15) is 18.5 Å². The van der Waals surface area contributed by atoms with Gasteiger partial charge in [-0.25, -0.2) is 0 Å². The molecule has 1 aliphatic rings. The van der Waals surface area contributed by atoms with Crippen molar-refractivity contribution in [1.82, 2.24) is 4.90 Å². The van der Waals surface area contributed by atoms with Crippen LogP contribution in [-0.4, -0.2) is 56.1 Å². The van der Waals surface area contributed by atoms with Crippen LogP contribution >= 0.6 is 0 Å². The van der Waals surface area contributed by atoms with Crippen LogP contribution in [0.25, 0.3) is 0 Å². The number of rotatable bonds is 9. The molecule has 1 unspecified atom stereocenters. The van der Waals surface area contributed by atoms with E-state index in [2.05, 4.69) is 12.1 Å². The Morgan fingerprint density at radius 2 is 1.95 bits per heavy atom. The third-order valence-electron chi connectivity index (χ3n) is 3.21. The average Bonchev–Trinajstić information content (AvgIpc) is 3.21. The summed E-state index contributed by atoms with van der Waals surface area (Å²) in [6, 6.07) is 8.03. The largest absolute Gasteiger partial charge is 0.491 e. The Morgan fingerprint density at radius 3 is 2.55 bits per heavy atom. The monoisotopic (exact) mass is 279 g/mol. The zero-order valence-electron chi connectivity index (χ0n) is 12.4. The Morgan fingerprint density at radius 1 is 1.25 bits per heavy atom. The number of aliphatic hydroxyl groups excluding tert-OH is 1. The second-order valence-electron chi connectivity index (χ2n) is 5.69. The van der Waals surface area contributed by atoms with Gasteiger partial charge in [-0.05, 0) is 51.1 Å². The third kappa shape index (κ3) is 5.90. The number of hydrogen-bond donors (Lipinski definition) is 1. The summed E-state index contributed by atoms with van der Waals surface area (Å²) >= 11 is 0. The molecule has 4 nitrogen and oxygen atoms in total. The quantitative estimate of drug-likeness (QED) is 0.747. The first-order valence-electron chi connectivity index (χ1n) is 7.29. The van der Waals surface area contributed by atoms with Crippen LogP contribution in [0.5, 0.6) is 5.75 Å². The van der Waals surface area contributed by atoms with E-state index in [1.54, 1.807) is 0 Å². The minimum atomic E-state index is -0.461. The number of hydrogen-bond acceptors (Lipinski definition) is 4. The van der Waals surface area contributed by atoms with Crippen LogP contribution in [-0.2, 0) is 11.2 Å². The van der Waals surface area contributed by atoms with Gasteiger partial charge in [-0.15, -0.1) is 0 Å². The van der Waals surface area contributed by atoms with E-state index in [1.807, 2.05) is 31.1 Å². The maximum atomic E-state index is 9.73. The van der Waals surface area contributed by atoms with Gasteiger partial charge in [-0.2, -0.15) is 0 Å². The zero-order valence-corrected chi connectivity index (χ0v) is 12.4. The van der Waals surface area contributed by atoms with Crippen molar-refractivity contribution in [3.63, 3.8) is 0 Å². The smallest absolute Gasteiger partial charge is 0.119 e. The summed E-state index contributed by atoms with van der Waals surface area (Å²) in [5, 5.41) is 9.73. The Balaban J connectivity index is 1.67. The van der Waals surface area contributed by atoms with Crippen LogP contribution in [0.4, 0.5) is 0 Å². The molecule has 0 radical (unpaired) electrons. The molecule has 0 aromatic heterocycles. The van der Waals surface area contributed by atoms with Gasteiger partial charge in [0.15, 0.2) is 0 Å². The minimum Gasteiger partial charge on any atom is -0.491 e. The number of likely N-dealkylation sites (N-methyl/N-ethyl adjacent to an activating group) is 1. The molecule has 1 atom stereocenters. The van der Waals surface area contributed by atoms with Crippen LogP contribution in [0, 0.1) is 0 Å². The molecular formula is C16H25NO3. The number of aliphatic hydroxyl groups is 1. The minimum absolute atomic E-state index is 0.322. The summed E-state index contributed by atoms with van der Waals surface area (Å²) in [5.74, 6) is 0.801. The van der Waals surface area contributed by atoms with Crippen LogP contribution in [0.2, 0.25) is 0 Å². The highest BCUT2D eigenvalue weighted by Crippen LogP contribution is 2.23. The molecule has 0 spiro atoms. The van der Waals surface area contributed by atoms with E-state index in [0.717, 1.165) is 18.8 Å². The van der Waals surface area contributed by atoms with Crippen molar-refractivity contribution in [1.29, 1.82) is 0 Å². The van der Waals surface area contributed by atoms with Crippen molar-refractivity contribution >= 4 is 0 Å². The van der Waals surface area contributed by atoms with E-state index in [0.29, 0.717) is 19.3 Å². The highest BCUT2D eigenvalue weighted by Gasteiger charge is 2.21. The summed E-state index contributed by atoms with van der Waals surface area (Å²) in [6.07, 6.45) is 3.46. The van der Waals surface area contributed by atoms with Gasteiger partial charge in [-0.3, -0.25) is 0 Å². The summed E-state index contributed by atoms with van der Waals surface area (Å²) in [5.41, 5.74) is 1.26. The van der Waals surface area contributed by atoms with Gasteiger partial charge in [0.05, 0.1) is 12.7 Å².